The van der Waals surface area contributed by atoms with E-state index in [2.05, 4.69) is 4.72 Å². The fraction of sp³-hybridized carbons (Fsp3) is 0.111. The lowest BCUT2D eigenvalue weighted by molar-refractivity contribution is -0.136. The second kappa shape index (κ2) is 8.65. The average molecular weight is 395 g/mol. The number of hydrogen-bond acceptors (Lipinski definition) is 4. The third kappa shape index (κ3) is 5.80. The van der Waals surface area contributed by atoms with Gasteiger partial charge in [-0.25, -0.2) is 21.9 Å². The molecule has 0 aliphatic heterocycles. The van der Waals surface area contributed by atoms with Gasteiger partial charge >= 0.3 is 5.97 Å². The van der Waals surface area contributed by atoms with E-state index in [0.717, 1.165) is 18.2 Å². The molecule has 0 atom stereocenters. The van der Waals surface area contributed by atoms with Crippen molar-refractivity contribution in [3.8, 4) is 0 Å². The first-order valence-electron chi connectivity index (χ1n) is 7.68. The van der Waals surface area contributed by atoms with Gasteiger partial charge in [0.1, 0.15) is 0 Å². The van der Waals surface area contributed by atoms with Crippen LogP contribution in [-0.4, -0.2) is 31.8 Å². The predicted molar refractivity (Wildman–Crippen MR) is 93.6 cm³/mol. The zero-order valence-electron chi connectivity index (χ0n) is 13.9. The van der Waals surface area contributed by atoms with Crippen LogP contribution < -0.4 is 4.72 Å². The Morgan fingerprint density at radius 3 is 2.30 bits per heavy atom. The minimum atomic E-state index is -3.88. The summed E-state index contributed by atoms with van der Waals surface area (Å²) in [5.41, 5.74) is 0.488. The van der Waals surface area contributed by atoms with E-state index < -0.39 is 33.4 Å². The SMILES string of the molecule is O=C(O)CCNS(=O)(=O)c1ccc(C(=O)/C=C/c2ccc(F)c(F)c2)cc1. The van der Waals surface area contributed by atoms with E-state index in [1.165, 1.54) is 36.4 Å². The Kier molecular flexibility index (Phi) is 6.54. The van der Waals surface area contributed by atoms with Crippen LogP contribution in [0.15, 0.2) is 53.4 Å². The van der Waals surface area contributed by atoms with E-state index in [-0.39, 0.29) is 23.4 Å². The Morgan fingerprint density at radius 1 is 1.04 bits per heavy atom. The van der Waals surface area contributed by atoms with Crippen LogP contribution in [0, 0.1) is 11.6 Å². The monoisotopic (exact) mass is 395 g/mol. The summed E-state index contributed by atoms with van der Waals surface area (Å²) in [4.78, 5) is 22.4. The molecular weight excluding hydrogens is 380 g/mol. The second-order valence-electron chi connectivity index (χ2n) is 5.44. The number of allylic oxidation sites excluding steroid dienone is 1. The number of benzene rings is 2. The quantitative estimate of drug-likeness (QED) is 0.529. The topological polar surface area (TPSA) is 101 Å². The molecule has 2 aromatic carbocycles. The van der Waals surface area contributed by atoms with Gasteiger partial charge in [0.25, 0.3) is 0 Å². The highest BCUT2D eigenvalue weighted by Crippen LogP contribution is 2.13. The van der Waals surface area contributed by atoms with Crippen molar-refractivity contribution in [2.45, 2.75) is 11.3 Å². The zero-order valence-corrected chi connectivity index (χ0v) is 14.7. The van der Waals surface area contributed by atoms with Crippen LogP contribution in [0.5, 0.6) is 0 Å². The Morgan fingerprint density at radius 2 is 1.70 bits per heavy atom. The van der Waals surface area contributed by atoms with E-state index in [1.54, 1.807) is 0 Å². The molecule has 0 fully saturated rings. The minimum absolute atomic E-state index is 0.117. The number of carboxylic acids is 1. The van der Waals surface area contributed by atoms with E-state index in [0.29, 0.717) is 5.56 Å². The molecule has 2 rings (SSSR count). The number of nitrogens with one attached hydrogen (secondary N) is 1. The molecule has 0 saturated heterocycles. The van der Waals surface area contributed by atoms with Crippen LogP contribution in [0.25, 0.3) is 6.08 Å². The molecule has 2 aromatic rings. The summed E-state index contributed by atoms with van der Waals surface area (Å²) in [5.74, 6) is -3.62. The highest BCUT2D eigenvalue weighted by Gasteiger charge is 2.14. The third-order valence-corrected chi connectivity index (χ3v) is 4.93. The van der Waals surface area contributed by atoms with Crippen molar-refractivity contribution in [3.63, 3.8) is 0 Å². The van der Waals surface area contributed by atoms with Gasteiger partial charge in [0.2, 0.25) is 10.0 Å². The van der Waals surface area contributed by atoms with Gasteiger partial charge in [0, 0.05) is 12.1 Å². The Bertz CT molecular complexity index is 985. The van der Waals surface area contributed by atoms with E-state index >= 15 is 0 Å². The zero-order chi connectivity index (χ0) is 20.0. The fourth-order valence-corrected chi connectivity index (χ4v) is 3.09. The molecule has 0 unspecified atom stereocenters. The Hall–Kier alpha value is -2.91. The number of halogens is 2. The smallest absolute Gasteiger partial charge is 0.304 e. The van der Waals surface area contributed by atoms with Crippen molar-refractivity contribution in [1.29, 1.82) is 0 Å². The molecule has 0 bridgehead atoms. The van der Waals surface area contributed by atoms with Crippen LogP contribution >= 0.6 is 0 Å². The molecule has 0 amide bonds. The van der Waals surface area contributed by atoms with Gasteiger partial charge in [-0.2, -0.15) is 0 Å². The number of carbonyl (C=O) groups excluding carboxylic acids is 1. The van der Waals surface area contributed by atoms with Crippen LogP contribution in [0.4, 0.5) is 8.78 Å². The second-order valence-corrected chi connectivity index (χ2v) is 7.20. The van der Waals surface area contributed by atoms with E-state index in [4.69, 9.17) is 5.11 Å². The maximum atomic E-state index is 13.1. The summed E-state index contributed by atoms with van der Waals surface area (Å²) in [6.45, 7) is -0.255. The summed E-state index contributed by atoms with van der Waals surface area (Å²) in [6.07, 6.45) is 2.11. The lowest BCUT2D eigenvalue weighted by Crippen LogP contribution is -2.26. The summed E-state index contributed by atoms with van der Waals surface area (Å²) in [6, 6.07) is 8.20. The summed E-state index contributed by atoms with van der Waals surface area (Å²) in [5, 5.41) is 8.52. The first-order chi connectivity index (χ1) is 12.7. The fourth-order valence-electron chi connectivity index (χ4n) is 2.06. The van der Waals surface area contributed by atoms with Crippen LogP contribution in [0.3, 0.4) is 0 Å². The van der Waals surface area contributed by atoms with Crippen molar-refractivity contribution < 1.29 is 31.9 Å². The summed E-state index contributed by atoms with van der Waals surface area (Å²) in [7, 11) is -3.88. The third-order valence-electron chi connectivity index (χ3n) is 3.45. The summed E-state index contributed by atoms with van der Waals surface area (Å²) >= 11 is 0. The molecule has 9 heteroatoms. The van der Waals surface area contributed by atoms with E-state index in [1.807, 2.05) is 0 Å². The molecule has 0 aromatic heterocycles. The standard InChI is InChI=1S/C18H15F2NO5S/c19-15-7-1-12(11-16(15)20)2-8-17(22)13-3-5-14(6-4-13)27(25,26)21-10-9-18(23)24/h1-8,11,21H,9-10H2,(H,23,24)/b8-2+. The molecule has 0 heterocycles. The first-order valence-corrected chi connectivity index (χ1v) is 9.16. The molecule has 0 saturated carbocycles. The molecule has 142 valence electrons. The highest BCUT2D eigenvalue weighted by molar-refractivity contribution is 7.89. The first kappa shape index (κ1) is 20.4. The van der Waals surface area contributed by atoms with Crippen LogP contribution in [0.2, 0.25) is 0 Å². The largest absolute Gasteiger partial charge is 0.481 e. The molecular formula is C18H15F2NO5S. The molecule has 27 heavy (non-hydrogen) atoms. The Labute approximate surface area is 154 Å². The maximum Gasteiger partial charge on any atom is 0.304 e. The van der Waals surface area contributed by atoms with Crippen LogP contribution in [0.1, 0.15) is 22.3 Å². The van der Waals surface area contributed by atoms with Crippen molar-refractivity contribution in [2.75, 3.05) is 6.54 Å². The molecule has 6 nitrogen and oxygen atoms in total. The number of carbonyl (C=O) groups is 2. The number of aliphatic carboxylic acids is 1. The number of ketones is 1. The summed E-state index contributed by atoms with van der Waals surface area (Å²) < 4.78 is 52.1. The number of rotatable bonds is 8. The normalized spacial score (nSPS) is 11.6. The molecule has 0 radical (unpaired) electrons. The number of hydrogen-bond donors (Lipinski definition) is 2. The molecule has 0 spiro atoms. The van der Waals surface area contributed by atoms with Crippen molar-refractivity contribution in [3.05, 3.63) is 71.3 Å². The van der Waals surface area contributed by atoms with Gasteiger partial charge in [0.05, 0.1) is 11.3 Å². The Balaban J connectivity index is 2.07. The average Bonchev–Trinajstić information content (AvgIpc) is 2.62. The molecule has 0 aliphatic rings. The van der Waals surface area contributed by atoms with Crippen molar-refractivity contribution in [2.24, 2.45) is 0 Å². The van der Waals surface area contributed by atoms with E-state index in [9.17, 15) is 26.8 Å². The lowest BCUT2D eigenvalue weighted by Gasteiger charge is -2.06. The van der Waals surface area contributed by atoms with Gasteiger partial charge in [-0.05, 0) is 48.0 Å². The molecule has 0 aliphatic carbocycles. The number of carboxylic acid groups (broad SMARTS) is 1. The van der Waals surface area contributed by atoms with Gasteiger partial charge in [-0.1, -0.05) is 12.1 Å². The predicted octanol–water partition coefficient (Wildman–Crippen LogP) is 2.61. The lowest BCUT2D eigenvalue weighted by atomic mass is 10.1. The minimum Gasteiger partial charge on any atom is -0.481 e. The van der Waals surface area contributed by atoms with Crippen LogP contribution in [-0.2, 0) is 14.8 Å². The van der Waals surface area contributed by atoms with Crippen molar-refractivity contribution >= 4 is 27.9 Å². The van der Waals surface area contributed by atoms with Gasteiger partial charge in [0.15, 0.2) is 17.4 Å². The number of sulfonamides is 1. The van der Waals surface area contributed by atoms with Gasteiger partial charge in [-0.15, -0.1) is 0 Å². The van der Waals surface area contributed by atoms with Gasteiger partial charge in [-0.3, -0.25) is 9.59 Å². The highest BCUT2D eigenvalue weighted by atomic mass is 32.2. The maximum absolute atomic E-state index is 13.1. The molecule has 2 N–H and O–H groups in total. The van der Waals surface area contributed by atoms with Gasteiger partial charge < -0.3 is 5.11 Å². The van der Waals surface area contributed by atoms with Crippen molar-refractivity contribution in [1.82, 2.24) is 4.72 Å².